The van der Waals surface area contributed by atoms with Crippen LogP contribution in [0.2, 0.25) is 10.3 Å². The standard InChI is InChI=1S/C31H40Cl2FN3O3/c1-3-15-31(34,19-38)25-9-6-8-23(28(25)32)20(2)35-29-24-18-21(10-12-26(24)36-30(33)37-29)11-13-27(39)22-7-4-5-16-40-17-14-22/h3,6,8-9,20-22,38H,1,4-5,7,10-19H2,2H3,(H,35,36,37)/t20?,21?,22?,31-/m1/s1. The molecule has 0 radical (unpaired) electrons. The number of allylic oxidation sites excluding steroid dienone is 1. The number of aliphatic hydroxyl groups excluding tert-OH is 1. The molecule has 1 aromatic heterocycles. The molecule has 3 unspecified atom stereocenters. The first kappa shape index (κ1) is 30.9. The molecule has 0 bridgehead atoms. The Morgan fingerprint density at radius 3 is 2.88 bits per heavy atom. The molecule has 2 aromatic rings. The van der Waals surface area contributed by atoms with Crippen LogP contribution in [0.4, 0.5) is 10.2 Å². The molecule has 2 aliphatic rings. The van der Waals surface area contributed by atoms with E-state index < -0.39 is 12.3 Å². The number of aliphatic hydroxyl groups is 1. The number of aryl methyl sites for hydroxylation is 1. The van der Waals surface area contributed by atoms with Gasteiger partial charge in [-0.3, -0.25) is 4.79 Å². The first-order valence-corrected chi connectivity index (χ1v) is 15.1. The number of anilines is 1. The van der Waals surface area contributed by atoms with Gasteiger partial charge in [-0.25, -0.2) is 14.4 Å². The van der Waals surface area contributed by atoms with E-state index in [9.17, 15) is 9.90 Å². The molecule has 0 spiro atoms. The summed E-state index contributed by atoms with van der Waals surface area (Å²) in [5.41, 5.74) is 0.825. The lowest BCUT2D eigenvalue weighted by Crippen LogP contribution is -2.25. The van der Waals surface area contributed by atoms with Crippen LogP contribution in [0.3, 0.4) is 0 Å². The zero-order valence-electron chi connectivity index (χ0n) is 23.2. The van der Waals surface area contributed by atoms with E-state index in [0.717, 1.165) is 69.2 Å². The summed E-state index contributed by atoms with van der Waals surface area (Å²) in [5, 5.41) is 13.6. The molecule has 9 heteroatoms. The van der Waals surface area contributed by atoms with Gasteiger partial charge in [0.1, 0.15) is 11.6 Å². The van der Waals surface area contributed by atoms with Gasteiger partial charge >= 0.3 is 0 Å². The molecule has 4 rings (SSSR count). The summed E-state index contributed by atoms with van der Waals surface area (Å²) in [6.07, 6.45) is 9.15. The molecule has 40 heavy (non-hydrogen) atoms. The van der Waals surface area contributed by atoms with Gasteiger partial charge in [-0.15, -0.1) is 6.58 Å². The lowest BCUT2D eigenvalue weighted by atomic mass is 9.82. The second-order valence-electron chi connectivity index (χ2n) is 11.2. The molecule has 1 aliphatic heterocycles. The van der Waals surface area contributed by atoms with Crippen LogP contribution in [-0.2, 0) is 28.0 Å². The van der Waals surface area contributed by atoms with Crippen molar-refractivity contribution in [3.8, 4) is 0 Å². The largest absolute Gasteiger partial charge is 0.393 e. The number of nitrogens with one attached hydrogen (secondary N) is 1. The van der Waals surface area contributed by atoms with Gasteiger partial charge in [0.2, 0.25) is 5.28 Å². The van der Waals surface area contributed by atoms with Crippen molar-refractivity contribution in [2.24, 2.45) is 11.8 Å². The molecule has 4 atom stereocenters. The number of fused-ring (bicyclic) bond motifs is 1. The Hall–Kier alpha value is -2.06. The first-order chi connectivity index (χ1) is 19.3. The van der Waals surface area contributed by atoms with E-state index >= 15 is 4.39 Å². The number of ether oxygens (including phenoxy) is 1. The van der Waals surface area contributed by atoms with E-state index in [1.54, 1.807) is 12.1 Å². The van der Waals surface area contributed by atoms with Gasteiger partial charge in [0, 0.05) is 43.1 Å². The van der Waals surface area contributed by atoms with Gasteiger partial charge in [0.25, 0.3) is 0 Å². The van der Waals surface area contributed by atoms with Gasteiger partial charge in [-0.1, -0.05) is 42.3 Å². The smallest absolute Gasteiger partial charge is 0.224 e. The highest BCUT2D eigenvalue weighted by Crippen LogP contribution is 2.40. The van der Waals surface area contributed by atoms with Crippen molar-refractivity contribution in [1.82, 2.24) is 9.97 Å². The van der Waals surface area contributed by atoms with E-state index in [0.29, 0.717) is 36.1 Å². The monoisotopic (exact) mass is 591 g/mol. The number of hydrogen-bond donors (Lipinski definition) is 2. The number of nitrogens with zero attached hydrogens (tertiary/aromatic N) is 2. The number of hydrogen-bond acceptors (Lipinski definition) is 6. The average molecular weight is 593 g/mol. The molecule has 1 aliphatic carbocycles. The second kappa shape index (κ2) is 14.2. The number of ketones is 1. The van der Waals surface area contributed by atoms with Crippen molar-refractivity contribution in [1.29, 1.82) is 0 Å². The third kappa shape index (κ3) is 7.41. The van der Waals surface area contributed by atoms with E-state index in [2.05, 4.69) is 21.9 Å². The summed E-state index contributed by atoms with van der Waals surface area (Å²) in [7, 11) is 0. The lowest BCUT2D eigenvalue weighted by Gasteiger charge is -2.28. The van der Waals surface area contributed by atoms with Crippen molar-refractivity contribution in [3.63, 3.8) is 0 Å². The maximum atomic E-state index is 15.5. The van der Waals surface area contributed by atoms with Crippen LogP contribution in [0, 0.1) is 11.8 Å². The van der Waals surface area contributed by atoms with Gasteiger partial charge in [-0.05, 0) is 75.0 Å². The zero-order valence-corrected chi connectivity index (χ0v) is 24.7. The molecule has 6 nitrogen and oxygen atoms in total. The molecule has 1 fully saturated rings. The first-order valence-electron chi connectivity index (χ1n) is 14.4. The highest BCUT2D eigenvalue weighted by molar-refractivity contribution is 6.32. The molecular formula is C31H40Cl2FN3O3. The quantitative estimate of drug-likeness (QED) is 0.210. The lowest BCUT2D eigenvalue weighted by molar-refractivity contribution is -0.124. The van der Waals surface area contributed by atoms with Crippen molar-refractivity contribution in [2.75, 3.05) is 25.1 Å². The minimum atomic E-state index is -2.01. The number of rotatable bonds is 11. The molecule has 0 amide bonds. The van der Waals surface area contributed by atoms with E-state index in [-0.39, 0.29) is 34.3 Å². The number of carbonyl (C=O) groups is 1. The Labute approximate surface area is 246 Å². The molecule has 2 heterocycles. The van der Waals surface area contributed by atoms with Crippen LogP contribution in [-0.4, -0.2) is 40.7 Å². The van der Waals surface area contributed by atoms with Crippen LogP contribution in [0.1, 0.15) is 86.7 Å². The number of aromatic nitrogens is 2. The van der Waals surface area contributed by atoms with Crippen molar-refractivity contribution in [2.45, 2.75) is 82.8 Å². The number of benzene rings is 1. The Bertz CT molecular complexity index is 1190. The summed E-state index contributed by atoms with van der Waals surface area (Å²) in [6.45, 7) is 6.32. The van der Waals surface area contributed by atoms with Crippen LogP contribution in [0.25, 0.3) is 0 Å². The van der Waals surface area contributed by atoms with E-state index in [4.69, 9.17) is 27.9 Å². The molecule has 1 aromatic carbocycles. The van der Waals surface area contributed by atoms with Crippen LogP contribution < -0.4 is 5.32 Å². The summed E-state index contributed by atoms with van der Waals surface area (Å²) in [4.78, 5) is 22.0. The average Bonchev–Trinajstić information content (AvgIpc) is 2.91. The van der Waals surface area contributed by atoms with Gasteiger partial charge in [0.15, 0.2) is 5.67 Å². The summed E-state index contributed by atoms with van der Waals surface area (Å²) in [5.74, 6) is 1.45. The van der Waals surface area contributed by atoms with Gasteiger partial charge in [0.05, 0.1) is 23.4 Å². The number of halogens is 3. The number of carbonyl (C=O) groups excluding carboxylic acids is 1. The maximum absolute atomic E-state index is 15.5. The minimum absolute atomic E-state index is 0.0536. The molecular weight excluding hydrogens is 552 g/mol. The van der Waals surface area contributed by atoms with Crippen LogP contribution in [0.5, 0.6) is 0 Å². The van der Waals surface area contributed by atoms with Crippen molar-refractivity contribution in [3.05, 3.63) is 63.5 Å². The SMILES string of the molecule is C=CC[C@@](F)(CO)c1cccc(C(C)Nc2nc(Cl)nc3c2CC(CCC(=O)C2CCCCOCC2)CC3)c1Cl. The Kier molecular flexibility index (Phi) is 11.0. The Balaban J connectivity index is 1.47. The zero-order chi connectivity index (χ0) is 28.7. The van der Waals surface area contributed by atoms with Gasteiger partial charge < -0.3 is 15.2 Å². The summed E-state index contributed by atoms with van der Waals surface area (Å²) >= 11 is 13.0. The molecule has 1 saturated heterocycles. The fourth-order valence-corrected chi connectivity index (χ4v) is 6.61. The highest BCUT2D eigenvalue weighted by atomic mass is 35.5. The Morgan fingerprint density at radius 1 is 1.27 bits per heavy atom. The maximum Gasteiger partial charge on any atom is 0.224 e. The van der Waals surface area contributed by atoms with Gasteiger partial charge in [-0.2, -0.15) is 0 Å². The van der Waals surface area contributed by atoms with Crippen molar-refractivity contribution < 1.29 is 19.0 Å². The predicted molar refractivity (Wildman–Crippen MR) is 158 cm³/mol. The summed E-state index contributed by atoms with van der Waals surface area (Å²) in [6, 6.07) is 4.84. The highest BCUT2D eigenvalue weighted by Gasteiger charge is 2.34. The fourth-order valence-electron chi connectivity index (χ4n) is 5.96. The Morgan fingerprint density at radius 2 is 2.10 bits per heavy atom. The molecule has 218 valence electrons. The second-order valence-corrected chi connectivity index (χ2v) is 11.9. The van der Waals surface area contributed by atoms with Crippen LogP contribution >= 0.6 is 23.2 Å². The van der Waals surface area contributed by atoms with E-state index in [1.165, 1.54) is 6.08 Å². The molecule has 0 saturated carbocycles. The normalized spacial score (nSPS) is 21.8. The van der Waals surface area contributed by atoms with Crippen molar-refractivity contribution >= 4 is 34.8 Å². The predicted octanol–water partition coefficient (Wildman–Crippen LogP) is 7.35. The minimum Gasteiger partial charge on any atom is -0.393 e. The fraction of sp³-hybridized carbons (Fsp3) is 0.581. The molecule has 2 N–H and O–H groups in total. The third-order valence-electron chi connectivity index (χ3n) is 8.35. The van der Waals surface area contributed by atoms with Crippen LogP contribution in [0.15, 0.2) is 30.9 Å². The number of Topliss-reactive ketones (excluding diaryl/α,β-unsaturated/α-hetero) is 1. The summed E-state index contributed by atoms with van der Waals surface area (Å²) < 4.78 is 21.1. The van der Waals surface area contributed by atoms with E-state index in [1.807, 2.05) is 13.0 Å². The number of alkyl halides is 1. The third-order valence-corrected chi connectivity index (χ3v) is 8.94. The topological polar surface area (TPSA) is 84.3 Å².